The normalized spacial score (nSPS) is 13.5. The van der Waals surface area contributed by atoms with Crippen LogP contribution in [-0.2, 0) is 4.74 Å². The van der Waals surface area contributed by atoms with E-state index in [2.05, 4.69) is 0 Å². The van der Waals surface area contributed by atoms with Crippen LogP contribution >= 0.6 is 0 Å². The fourth-order valence-electron chi connectivity index (χ4n) is 1.57. The van der Waals surface area contributed by atoms with E-state index >= 15 is 0 Å². The molecule has 0 heterocycles. The van der Waals surface area contributed by atoms with Gasteiger partial charge in [0.05, 0.1) is 19.3 Å². The predicted molar refractivity (Wildman–Crippen MR) is 68.4 cm³/mol. The smallest absolute Gasteiger partial charge is 0.119 e. The highest BCUT2D eigenvalue weighted by Crippen LogP contribution is 2.23. The van der Waals surface area contributed by atoms with Gasteiger partial charge < -0.3 is 14.6 Å². The molecule has 0 aromatic heterocycles. The SMILES string of the molecule is COc1ccc(C(O)COC(C)(C)C)c(C)c1. The lowest BCUT2D eigenvalue weighted by atomic mass is 10.0. The monoisotopic (exact) mass is 238 g/mol. The van der Waals surface area contributed by atoms with Crippen LogP contribution in [0.5, 0.6) is 5.75 Å². The van der Waals surface area contributed by atoms with Gasteiger partial charge in [-0.2, -0.15) is 0 Å². The predicted octanol–water partition coefficient (Wildman–Crippen LogP) is 2.85. The van der Waals surface area contributed by atoms with Gasteiger partial charge in [0.1, 0.15) is 11.9 Å². The Labute approximate surface area is 103 Å². The number of rotatable bonds is 4. The Kier molecular flexibility index (Phi) is 4.54. The zero-order chi connectivity index (χ0) is 13.1. The molecule has 0 aliphatic heterocycles. The van der Waals surface area contributed by atoms with Crippen LogP contribution in [0.4, 0.5) is 0 Å². The summed E-state index contributed by atoms with van der Waals surface area (Å²) < 4.78 is 10.7. The van der Waals surface area contributed by atoms with Crippen molar-refractivity contribution in [1.82, 2.24) is 0 Å². The number of methoxy groups -OCH3 is 1. The van der Waals surface area contributed by atoms with E-state index in [1.165, 1.54) is 0 Å². The Bertz CT molecular complexity index is 366. The maximum atomic E-state index is 10.1. The van der Waals surface area contributed by atoms with Gasteiger partial charge in [0.25, 0.3) is 0 Å². The van der Waals surface area contributed by atoms with Gasteiger partial charge in [-0.15, -0.1) is 0 Å². The van der Waals surface area contributed by atoms with Crippen molar-refractivity contribution in [2.45, 2.75) is 39.4 Å². The number of aliphatic hydroxyl groups excluding tert-OH is 1. The Morgan fingerprint density at radius 1 is 1.29 bits per heavy atom. The van der Waals surface area contributed by atoms with E-state index in [4.69, 9.17) is 9.47 Å². The molecule has 0 saturated heterocycles. The molecular weight excluding hydrogens is 216 g/mol. The summed E-state index contributed by atoms with van der Waals surface area (Å²) >= 11 is 0. The highest BCUT2D eigenvalue weighted by atomic mass is 16.5. The lowest BCUT2D eigenvalue weighted by Crippen LogP contribution is -2.23. The molecular formula is C14H22O3. The van der Waals surface area contributed by atoms with Crippen LogP contribution in [0.2, 0.25) is 0 Å². The molecule has 1 aromatic carbocycles. The maximum absolute atomic E-state index is 10.1. The molecule has 1 N–H and O–H groups in total. The molecule has 0 bridgehead atoms. The molecule has 1 rings (SSSR count). The van der Waals surface area contributed by atoms with Crippen LogP contribution in [0.1, 0.15) is 38.0 Å². The average Bonchev–Trinajstić information content (AvgIpc) is 2.24. The number of hydrogen-bond donors (Lipinski definition) is 1. The Balaban J connectivity index is 2.72. The van der Waals surface area contributed by atoms with Crippen LogP contribution in [0, 0.1) is 6.92 Å². The number of ether oxygens (including phenoxy) is 2. The molecule has 0 radical (unpaired) electrons. The van der Waals surface area contributed by atoms with Gasteiger partial charge in [-0.3, -0.25) is 0 Å². The van der Waals surface area contributed by atoms with Crippen molar-refractivity contribution < 1.29 is 14.6 Å². The quantitative estimate of drug-likeness (QED) is 0.876. The van der Waals surface area contributed by atoms with E-state index < -0.39 is 6.10 Å². The van der Waals surface area contributed by atoms with Gasteiger partial charge in [0.2, 0.25) is 0 Å². The number of benzene rings is 1. The van der Waals surface area contributed by atoms with Crippen LogP contribution in [0.25, 0.3) is 0 Å². The summed E-state index contributed by atoms with van der Waals surface area (Å²) in [5.74, 6) is 0.801. The standard InChI is InChI=1S/C14H22O3/c1-10-8-11(16-5)6-7-12(10)13(15)9-17-14(2,3)4/h6-8,13,15H,9H2,1-5H3. The second-order valence-corrected chi connectivity index (χ2v) is 5.16. The largest absolute Gasteiger partial charge is 0.497 e. The zero-order valence-corrected chi connectivity index (χ0v) is 11.3. The van der Waals surface area contributed by atoms with E-state index in [0.29, 0.717) is 6.61 Å². The summed E-state index contributed by atoms with van der Waals surface area (Å²) in [6.45, 7) is 8.18. The first kappa shape index (κ1) is 14.0. The van der Waals surface area contributed by atoms with Crippen LogP contribution in [0.15, 0.2) is 18.2 Å². The van der Waals surface area contributed by atoms with Gasteiger partial charge in [-0.1, -0.05) is 6.07 Å². The number of aliphatic hydroxyl groups is 1. The van der Waals surface area contributed by atoms with E-state index in [-0.39, 0.29) is 5.60 Å². The van der Waals surface area contributed by atoms with E-state index in [1.54, 1.807) is 7.11 Å². The molecule has 0 spiro atoms. The first-order chi connectivity index (χ1) is 7.83. The fourth-order valence-corrected chi connectivity index (χ4v) is 1.57. The van der Waals surface area contributed by atoms with Gasteiger partial charge in [0.15, 0.2) is 0 Å². The van der Waals surface area contributed by atoms with Crippen molar-refractivity contribution in [3.63, 3.8) is 0 Å². The molecule has 0 aliphatic carbocycles. The van der Waals surface area contributed by atoms with E-state index in [9.17, 15) is 5.11 Å². The van der Waals surface area contributed by atoms with Crippen molar-refractivity contribution >= 4 is 0 Å². The van der Waals surface area contributed by atoms with Gasteiger partial charge in [0, 0.05) is 0 Å². The molecule has 0 saturated carbocycles. The van der Waals surface area contributed by atoms with Crippen LogP contribution < -0.4 is 4.74 Å². The first-order valence-corrected chi connectivity index (χ1v) is 5.80. The molecule has 0 fully saturated rings. The topological polar surface area (TPSA) is 38.7 Å². The Morgan fingerprint density at radius 3 is 2.41 bits per heavy atom. The third kappa shape index (κ3) is 4.36. The molecule has 96 valence electrons. The molecule has 1 atom stereocenters. The molecule has 1 aromatic rings. The van der Waals surface area contributed by atoms with Crippen molar-refractivity contribution in [3.8, 4) is 5.75 Å². The summed E-state index contributed by atoms with van der Waals surface area (Å²) in [7, 11) is 1.63. The second kappa shape index (κ2) is 5.52. The van der Waals surface area contributed by atoms with E-state index in [1.807, 2.05) is 45.9 Å². The Morgan fingerprint density at radius 2 is 1.94 bits per heavy atom. The van der Waals surface area contributed by atoms with Crippen molar-refractivity contribution in [1.29, 1.82) is 0 Å². The summed E-state index contributed by atoms with van der Waals surface area (Å²) in [5, 5.41) is 10.1. The number of aryl methyl sites for hydroxylation is 1. The molecule has 3 nitrogen and oxygen atoms in total. The van der Waals surface area contributed by atoms with E-state index in [0.717, 1.165) is 16.9 Å². The summed E-state index contributed by atoms with van der Waals surface area (Å²) in [6.07, 6.45) is -0.597. The average molecular weight is 238 g/mol. The fraction of sp³-hybridized carbons (Fsp3) is 0.571. The third-order valence-electron chi connectivity index (χ3n) is 2.51. The number of hydrogen-bond acceptors (Lipinski definition) is 3. The second-order valence-electron chi connectivity index (χ2n) is 5.16. The molecule has 1 unspecified atom stereocenters. The van der Waals surface area contributed by atoms with Crippen LogP contribution in [0.3, 0.4) is 0 Å². The lowest BCUT2D eigenvalue weighted by Gasteiger charge is -2.23. The highest BCUT2D eigenvalue weighted by Gasteiger charge is 2.16. The van der Waals surface area contributed by atoms with Crippen molar-refractivity contribution in [3.05, 3.63) is 29.3 Å². The minimum atomic E-state index is -0.597. The first-order valence-electron chi connectivity index (χ1n) is 5.80. The maximum Gasteiger partial charge on any atom is 0.119 e. The highest BCUT2D eigenvalue weighted by molar-refractivity contribution is 5.36. The molecule has 0 amide bonds. The zero-order valence-electron chi connectivity index (χ0n) is 11.3. The third-order valence-corrected chi connectivity index (χ3v) is 2.51. The van der Waals surface area contributed by atoms with Gasteiger partial charge in [-0.25, -0.2) is 0 Å². The Hall–Kier alpha value is -1.06. The summed E-state index contributed by atoms with van der Waals surface area (Å²) in [5.41, 5.74) is 1.66. The molecule has 17 heavy (non-hydrogen) atoms. The minimum Gasteiger partial charge on any atom is -0.497 e. The summed E-state index contributed by atoms with van der Waals surface area (Å²) in [4.78, 5) is 0. The van der Waals surface area contributed by atoms with Crippen LogP contribution in [-0.4, -0.2) is 24.4 Å². The molecule has 0 aliphatic rings. The van der Waals surface area contributed by atoms with Gasteiger partial charge >= 0.3 is 0 Å². The summed E-state index contributed by atoms with van der Waals surface area (Å²) in [6, 6.07) is 5.64. The molecule has 3 heteroatoms. The lowest BCUT2D eigenvalue weighted by molar-refractivity contribution is -0.0497. The van der Waals surface area contributed by atoms with Crippen molar-refractivity contribution in [2.75, 3.05) is 13.7 Å². The van der Waals surface area contributed by atoms with Gasteiger partial charge in [-0.05, 0) is 51.0 Å². The van der Waals surface area contributed by atoms with Crippen molar-refractivity contribution in [2.24, 2.45) is 0 Å². The minimum absolute atomic E-state index is 0.235.